The number of nitrogens with zero attached hydrogens (tertiary/aromatic N) is 1. The molecule has 2 aliphatic rings. The SMILES string of the molecule is O=C(Nc1ccccc1N1CCOCC1)c1cccc2c1OCCO2. The van der Waals surface area contributed by atoms with Crippen molar-refractivity contribution in [2.75, 3.05) is 49.7 Å². The van der Waals surface area contributed by atoms with Gasteiger partial charge in [0.15, 0.2) is 11.5 Å². The topological polar surface area (TPSA) is 60.0 Å². The summed E-state index contributed by atoms with van der Waals surface area (Å²) in [6.45, 7) is 3.95. The van der Waals surface area contributed by atoms with Crippen molar-refractivity contribution in [3.8, 4) is 11.5 Å². The van der Waals surface area contributed by atoms with Crippen LogP contribution in [0.2, 0.25) is 0 Å². The van der Waals surface area contributed by atoms with Crippen LogP contribution >= 0.6 is 0 Å². The van der Waals surface area contributed by atoms with Gasteiger partial charge in [0.05, 0.1) is 30.2 Å². The second kappa shape index (κ2) is 7.03. The molecule has 4 rings (SSSR count). The summed E-state index contributed by atoms with van der Waals surface area (Å²) in [5.74, 6) is 0.915. The Hall–Kier alpha value is -2.73. The van der Waals surface area contributed by atoms with Crippen LogP contribution in [-0.4, -0.2) is 45.4 Å². The zero-order chi connectivity index (χ0) is 17.1. The van der Waals surface area contributed by atoms with Crippen molar-refractivity contribution in [1.29, 1.82) is 0 Å². The van der Waals surface area contributed by atoms with Crippen molar-refractivity contribution >= 4 is 17.3 Å². The van der Waals surface area contributed by atoms with Crippen molar-refractivity contribution in [2.45, 2.75) is 0 Å². The van der Waals surface area contributed by atoms with Gasteiger partial charge >= 0.3 is 0 Å². The second-order valence-electron chi connectivity index (χ2n) is 5.90. The van der Waals surface area contributed by atoms with Gasteiger partial charge in [-0.2, -0.15) is 0 Å². The number of ether oxygens (including phenoxy) is 3. The van der Waals surface area contributed by atoms with Gasteiger partial charge in [0.25, 0.3) is 5.91 Å². The molecule has 6 heteroatoms. The van der Waals surface area contributed by atoms with Crippen LogP contribution < -0.4 is 19.7 Å². The van der Waals surface area contributed by atoms with Crippen molar-refractivity contribution in [2.24, 2.45) is 0 Å². The predicted molar refractivity (Wildman–Crippen MR) is 94.9 cm³/mol. The molecule has 0 saturated carbocycles. The summed E-state index contributed by atoms with van der Waals surface area (Å²) in [5, 5.41) is 3.02. The zero-order valence-corrected chi connectivity index (χ0v) is 13.9. The molecule has 130 valence electrons. The quantitative estimate of drug-likeness (QED) is 0.930. The third-order valence-electron chi connectivity index (χ3n) is 4.31. The lowest BCUT2D eigenvalue weighted by Gasteiger charge is -2.30. The van der Waals surface area contributed by atoms with Crippen LogP contribution in [0.5, 0.6) is 11.5 Å². The average molecular weight is 340 g/mol. The molecule has 0 radical (unpaired) electrons. The first-order valence-electron chi connectivity index (χ1n) is 8.44. The molecular weight excluding hydrogens is 320 g/mol. The van der Waals surface area contributed by atoms with Gasteiger partial charge in [0.1, 0.15) is 13.2 Å². The molecule has 1 N–H and O–H groups in total. The van der Waals surface area contributed by atoms with Gasteiger partial charge in [-0.1, -0.05) is 18.2 Å². The first-order chi connectivity index (χ1) is 12.3. The number of rotatable bonds is 3. The Morgan fingerprint density at radius 1 is 0.920 bits per heavy atom. The van der Waals surface area contributed by atoms with E-state index in [9.17, 15) is 4.79 Å². The summed E-state index contributed by atoms with van der Waals surface area (Å²) in [5.41, 5.74) is 2.26. The molecule has 25 heavy (non-hydrogen) atoms. The number of morpholine rings is 1. The summed E-state index contributed by atoms with van der Waals surface area (Å²) in [6.07, 6.45) is 0. The van der Waals surface area contributed by atoms with Gasteiger partial charge in [-0.25, -0.2) is 0 Å². The fourth-order valence-electron chi connectivity index (χ4n) is 3.10. The number of para-hydroxylation sites is 3. The third-order valence-corrected chi connectivity index (χ3v) is 4.31. The van der Waals surface area contributed by atoms with E-state index in [0.29, 0.717) is 43.5 Å². The zero-order valence-electron chi connectivity index (χ0n) is 13.9. The summed E-state index contributed by atoms with van der Waals surface area (Å²) >= 11 is 0. The maximum atomic E-state index is 12.8. The van der Waals surface area contributed by atoms with Crippen LogP contribution in [0.3, 0.4) is 0 Å². The third kappa shape index (κ3) is 3.25. The fraction of sp³-hybridized carbons (Fsp3) is 0.316. The molecule has 0 aliphatic carbocycles. The van der Waals surface area contributed by atoms with Crippen molar-refractivity contribution in [3.05, 3.63) is 48.0 Å². The number of hydrogen-bond donors (Lipinski definition) is 1. The number of nitrogens with one attached hydrogen (secondary N) is 1. The molecule has 0 spiro atoms. The molecule has 0 bridgehead atoms. The van der Waals surface area contributed by atoms with Gasteiger partial charge < -0.3 is 24.4 Å². The first-order valence-corrected chi connectivity index (χ1v) is 8.44. The molecule has 2 aliphatic heterocycles. The fourth-order valence-corrected chi connectivity index (χ4v) is 3.10. The minimum atomic E-state index is -0.206. The van der Waals surface area contributed by atoms with Crippen LogP contribution in [0.4, 0.5) is 11.4 Å². The smallest absolute Gasteiger partial charge is 0.259 e. The Morgan fingerprint density at radius 2 is 1.72 bits per heavy atom. The lowest BCUT2D eigenvalue weighted by molar-refractivity contribution is 0.101. The highest BCUT2D eigenvalue weighted by molar-refractivity contribution is 6.08. The Bertz CT molecular complexity index is 772. The van der Waals surface area contributed by atoms with Crippen LogP contribution in [0.25, 0.3) is 0 Å². The van der Waals surface area contributed by atoms with E-state index >= 15 is 0 Å². The molecule has 1 fully saturated rings. The maximum absolute atomic E-state index is 12.8. The molecule has 0 atom stereocenters. The second-order valence-corrected chi connectivity index (χ2v) is 5.90. The Kier molecular flexibility index (Phi) is 4.43. The summed E-state index contributed by atoms with van der Waals surface area (Å²) in [4.78, 5) is 15.1. The monoisotopic (exact) mass is 340 g/mol. The van der Waals surface area contributed by atoms with Crippen LogP contribution in [0.1, 0.15) is 10.4 Å². The summed E-state index contributed by atoms with van der Waals surface area (Å²) < 4.78 is 16.6. The number of carbonyl (C=O) groups is 1. The number of fused-ring (bicyclic) bond motifs is 1. The molecule has 1 saturated heterocycles. The van der Waals surface area contributed by atoms with E-state index in [1.165, 1.54) is 0 Å². The molecule has 2 heterocycles. The normalized spacial score (nSPS) is 16.4. The number of amides is 1. The van der Waals surface area contributed by atoms with Crippen molar-refractivity contribution in [3.63, 3.8) is 0 Å². The highest BCUT2D eigenvalue weighted by Gasteiger charge is 2.22. The largest absolute Gasteiger partial charge is 0.486 e. The maximum Gasteiger partial charge on any atom is 0.259 e. The highest BCUT2D eigenvalue weighted by atomic mass is 16.6. The van der Waals surface area contributed by atoms with E-state index in [1.807, 2.05) is 30.3 Å². The highest BCUT2D eigenvalue weighted by Crippen LogP contribution is 2.34. The molecule has 0 aromatic heterocycles. The van der Waals surface area contributed by atoms with Crippen molar-refractivity contribution in [1.82, 2.24) is 0 Å². The predicted octanol–water partition coefficient (Wildman–Crippen LogP) is 2.55. The number of hydrogen-bond acceptors (Lipinski definition) is 5. The van der Waals surface area contributed by atoms with Gasteiger partial charge in [-0.3, -0.25) is 4.79 Å². The lowest BCUT2D eigenvalue weighted by Crippen LogP contribution is -2.36. The van der Waals surface area contributed by atoms with E-state index in [0.717, 1.165) is 24.5 Å². The molecule has 2 aromatic carbocycles. The molecular formula is C19H20N2O4. The van der Waals surface area contributed by atoms with Gasteiger partial charge in [-0.15, -0.1) is 0 Å². The molecule has 2 aromatic rings. The number of anilines is 2. The molecule has 1 amide bonds. The van der Waals surface area contributed by atoms with E-state index < -0.39 is 0 Å². The van der Waals surface area contributed by atoms with E-state index in [-0.39, 0.29) is 5.91 Å². The van der Waals surface area contributed by atoms with Crippen molar-refractivity contribution < 1.29 is 19.0 Å². The van der Waals surface area contributed by atoms with E-state index in [1.54, 1.807) is 12.1 Å². The van der Waals surface area contributed by atoms with E-state index in [4.69, 9.17) is 14.2 Å². The van der Waals surface area contributed by atoms with E-state index in [2.05, 4.69) is 10.2 Å². The van der Waals surface area contributed by atoms with Crippen LogP contribution in [-0.2, 0) is 4.74 Å². The Balaban J connectivity index is 1.60. The summed E-state index contributed by atoms with van der Waals surface area (Å²) in [6, 6.07) is 13.2. The van der Waals surface area contributed by atoms with Crippen LogP contribution in [0.15, 0.2) is 42.5 Å². The Labute approximate surface area is 146 Å². The standard InChI is InChI=1S/C19H20N2O4/c22-19(14-4-3-7-17-18(14)25-13-12-24-17)20-15-5-1-2-6-16(15)21-8-10-23-11-9-21/h1-7H,8-13H2,(H,20,22). The summed E-state index contributed by atoms with van der Waals surface area (Å²) in [7, 11) is 0. The molecule has 0 unspecified atom stereocenters. The average Bonchev–Trinajstić information content (AvgIpc) is 2.68. The number of carbonyl (C=O) groups excluding carboxylic acids is 1. The Morgan fingerprint density at radius 3 is 2.60 bits per heavy atom. The van der Waals surface area contributed by atoms with Gasteiger partial charge in [-0.05, 0) is 24.3 Å². The van der Waals surface area contributed by atoms with Gasteiger partial charge in [0.2, 0.25) is 0 Å². The molecule has 6 nitrogen and oxygen atoms in total. The number of benzene rings is 2. The minimum absolute atomic E-state index is 0.206. The van der Waals surface area contributed by atoms with Gasteiger partial charge in [0, 0.05) is 13.1 Å². The minimum Gasteiger partial charge on any atom is -0.486 e. The first kappa shape index (κ1) is 15.8. The lowest BCUT2D eigenvalue weighted by atomic mass is 10.1. The van der Waals surface area contributed by atoms with Crippen LogP contribution in [0, 0.1) is 0 Å².